The second-order valence-electron chi connectivity index (χ2n) is 4.51. The molecule has 2 rings (SSSR count). The molecule has 5 nitrogen and oxygen atoms in total. The van der Waals surface area contributed by atoms with Gasteiger partial charge >= 0.3 is 0 Å². The van der Waals surface area contributed by atoms with Gasteiger partial charge in [0.15, 0.2) is 5.17 Å². The van der Waals surface area contributed by atoms with Crippen molar-refractivity contribution < 1.29 is 4.79 Å². The maximum Gasteiger partial charge on any atom is 0.249 e. The van der Waals surface area contributed by atoms with E-state index in [9.17, 15) is 10.1 Å². The SMILES string of the molecule is C=CC(=O)NC1=NC(c2ccccc2)=CS1(C#N)N(C)C. The molecule has 1 atom stereocenters. The van der Waals surface area contributed by atoms with Crippen LogP contribution < -0.4 is 5.32 Å². The van der Waals surface area contributed by atoms with Gasteiger partial charge in [-0.25, -0.2) is 4.99 Å². The van der Waals surface area contributed by atoms with Crippen molar-refractivity contribution in [2.24, 2.45) is 4.99 Å². The number of rotatable bonds is 3. The maximum absolute atomic E-state index is 11.6. The Balaban J connectivity index is 2.50. The summed E-state index contributed by atoms with van der Waals surface area (Å²) >= 11 is 0. The Morgan fingerprint density at radius 1 is 1.43 bits per heavy atom. The Morgan fingerprint density at radius 2 is 2.10 bits per heavy atom. The first kappa shape index (κ1) is 15.0. The van der Waals surface area contributed by atoms with Crippen LogP contribution in [0.25, 0.3) is 5.70 Å². The second kappa shape index (κ2) is 5.95. The molecule has 1 aromatic carbocycles. The van der Waals surface area contributed by atoms with E-state index in [1.54, 1.807) is 18.4 Å². The number of aliphatic imine (C=N–C) groups is 1. The summed E-state index contributed by atoms with van der Waals surface area (Å²) in [6.45, 7) is 3.43. The van der Waals surface area contributed by atoms with E-state index in [1.165, 1.54) is 6.08 Å². The summed E-state index contributed by atoms with van der Waals surface area (Å²) in [4.78, 5) is 16.1. The Morgan fingerprint density at radius 3 is 2.62 bits per heavy atom. The molecule has 0 aliphatic carbocycles. The quantitative estimate of drug-likeness (QED) is 0.688. The number of nitrogens with one attached hydrogen (secondary N) is 1. The molecule has 0 bridgehead atoms. The van der Waals surface area contributed by atoms with Gasteiger partial charge in [0, 0.05) is 11.0 Å². The van der Waals surface area contributed by atoms with E-state index >= 15 is 0 Å². The number of carbonyl (C=O) groups excluding carboxylic acids is 1. The van der Waals surface area contributed by atoms with Crippen molar-refractivity contribution >= 4 is 27.0 Å². The number of thiocyanates is 1. The lowest BCUT2D eigenvalue weighted by atomic mass is 10.2. The Hall–Kier alpha value is -2.36. The number of hydrogen-bond donors (Lipinski definition) is 1. The summed E-state index contributed by atoms with van der Waals surface area (Å²) in [6, 6.07) is 9.57. The molecular weight excluding hydrogens is 284 g/mol. The van der Waals surface area contributed by atoms with E-state index in [2.05, 4.69) is 22.3 Å². The van der Waals surface area contributed by atoms with E-state index in [-0.39, 0.29) is 5.91 Å². The van der Waals surface area contributed by atoms with Crippen LogP contribution in [0.1, 0.15) is 5.56 Å². The molecule has 0 spiro atoms. The fourth-order valence-corrected chi connectivity index (χ4v) is 3.83. The molecule has 21 heavy (non-hydrogen) atoms. The van der Waals surface area contributed by atoms with E-state index < -0.39 is 10.2 Å². The van der Waals surface area contributed by atoms with E-state index in [4.69, 9.17) is 0 Å². The minimum Gasteiger partial charge on any atom is -0.301 e. The van der Waals surface area contributed by atoms with E-state index in [0.717, 1.165) is 5.56 Å². The van der Waals surface area contributed by atoms with Gasteiger partial charge in [0.2, 0.25) is 5.91 Å². The van der Waals surface area contributed by atoms with E-state index in [1.807, 2.05) is 35.7 Å². The van der Waals surface area contributed by atoms with Crippen molar-refractivity contribution in [2.75, 3.05) is 14.1 Å². The summed E-state index contributed by atoms with van der Waals surface area (Å²) in [5, 5.41) is 16.8. The van der Waals surface area contributed by atoms with Crippen LogP contribution in [0.5, 0.6) is 0 Å². The lowest BCUT2D eigenvalue weighted by Crippen LogP contribution is -2.35. The van der Waals surface area contributed by atoms with Gasteiger partial charge in [0.25, 0.3) is 0 Å². The normalized spacial score (nSPS) is 23.5. The Kier molecular flexibility index (Phi) is 4.26. The standard InChI is InChI=1S/C15H16N4OS/c1-4-14(20)18-15-17-13(12-8-6-5-7-9-12)10-21(15,11-16)19(2)3/h4-10H,1H2,2-3H3,(H,17,18,20). The van der Waals surface area contributed by atoms with Crippen LogP contribution in [-0.4, -0.2) is 29.5 Å². The molecule has 0 aromatic heterocycles. The first-order valence-electron chi connectivity index (χ1n) is 6.24. The number of carbonyl (C=O) groups is 1. The third-order valence-electron chi connectivity index (χ3n) is 3.00. The van der Waals surface area contributed by atoms with Gasteiger partial charge in [0.05, 0.1) is 5.70 Å². The highest BCUT2D eigenvalue weighted by molar-refractivity contribution is 8.49. The molecule has 0 saturated carbocycles. The van der Waals surface area contributed by atoms with Crippen LogP contribution >= 0.6 is 10.2 Å². The van der Waals surface area contributed by atoms with Gasteiger partial charge < -0.3 is 5.32 Å². The Labute approximate surface area is 125 Å². The predicted molar refractivity (Wildman–Crippen MR) is 87.1 cm³/mol. The van der Waals surface area contributed by atoms with Crippen LogP contribution in [0.15, 0.2) is 53.4 Å². The molecule has 1 heterocycles. The molecule has 108 valence electrons. The second-order valence-corrected chi connectivity index (χ2v) is 7.30. The molecule has 1 aliphatic heterocycles. The molecule has 1 N–H and O–H groups in total. The molecule has 0 saturated heterocycles. The number of benzene rings is 1. The molecule has 0 radical (unpaired) electrons. The van der Waals surface area contributed by atoms with Crippen LogP contribution in [0.3, 0.4) is 0 Å². The molecule has 1 aromatic rings. The number of amidine groups is 1. The van der Waals surface area contributed by atoms with Crippen LogP contribution in [0.4, 0.5) is 0 Å². The van der Waals surface area contributed by atoms with Gasteiger partial charge in [-0.15, -0.1) is 0 Å². The number of hydrogen-bond acceptors (Lipinski definition) is 4. The molecule has 0 fully saturated rings. The third kappa shape index (κ3) is 2.75. The molecule has 1 aliphatic rings. The summed E-state index contributed by atoms with van der Waals surface area (Å²) in [5.41, 5.74) is 1.61. The molecule has 1 amide bonds. The zero-order valence-corrected chi connectivity index (χ0v) is 12.7. The lowest BCUT2D eigenvalue weighted by Gasteiger charge is -2.33. The summed E-state index contributed by atoms with van der Waals surface area (Å²) in [5.74, 6) is -0.370. The lowest BCUT2D eigenvalue weighted by molar-refractivity contribution is -0.115. The monoisotopic (exact) mass is 300 g/mol. The average Bonchev–Trinajstić information content (AvgIpc) is 2.88. The summed E-state index contributed by atoms with van der Waals surface area (Å²) < 4.78 is 1.80. The van der Waals surface area contributed by atoms with Crippen LogP contribution in [-0.2, 0) is 4.79 Å². The molecule has 1 unspecified atom stereocenters. The van der Waals surface area contributed by atoms with Crippen molar-refractivity contribution in [3.05, 3.63) is 54.0 Å². The van der Waals surface area contributed by atoms with Gasteiger partial charge in [-0.1, -0.05) is 36.9 Å². The van der Waals surface area contributed by atoms with Gasteiger partial charge in [-0.3, -0.25) is 9.10 Å². The molecule has 6 heteroatoms. The zero-order valence-electron chi connectivity index (χ0n) is 11.9. The highest BCUT2D eigenvalue weighted by Gasteiger charge is 2.37. The number of amides is 1. The smallest absolute Gasteiger partial charge is 0.249 e. The maximum atomic E-state index is 11.6. The van der Waals surface area contributed by atoms with Crippen molar-refractivity contribution in [1.29, 1.82) is 5.26 Å². The number of nitriles is 1. The van der Waals surface area contributed by atoms with Gasteiger partial charge in [-0.2, -0.15) is 5.26 Å². The zero-order chi connectivity index (χ0) is 15.5. The minimum atomic E-state index is -2.11. The van der Waals surface area contributed by atoms with Crippen molar-refractivity contribution in [3.8, 4) is 5.40 Å². The Bertz CT molecular complexity index is 673. The summed E-state index contributed by atoms with van der Waals surface area (Å²) in [7, 11) is 1.50. The van der Waals surface area contributed by atoms with Crippen LogP contribution in [0, 0.1) is 10.7 Å². The minimum absolute atomic E-state index is 0.370. The summed E-state index contributed by atoms with van der Waals surface area (Å²) in [6.07, 6.45) is 1.17. The fourth-order valence-electron chi connectivity index (χ4n) is 1.86. The first-order chi connectivity index (χ1) is 10.0. The predicted octanol–water partition coefficient (Wildman–Crippen LogP) is 2.42. The van der Waals surface area contributed by atoms with Gasteiger partial charge in [-0.05, 0) is 30.4 Å². The molecular formula is C15H16N4OS. The highest BCUT2D eigenvalue weighted by atomic mass is 32.3. The number of nitrogens with zero attached hydrogens (tertiary/aromatic N) is 3. The van der Waals surface area contributed by atoms with Crippen molar-refractivity contribution in [3.63, 3.8) is 0 Å². The average molecular weight is 300 g/mol. The fraction of sp³-hybridized carbons (Fsp3) is 0.133. The van der Waals surface area contributed by atoms with E-state index in [0.29, 0.717) is 10.9 Å². The topological polar surface area (TPSA) is 68.5 Å². The first-order valence-corrected chi connectivity index (χ1v) is 7.90. The third-order valence-corrected chi connectivity index (χ3v) is 5.78. The van der Waals surface area contributed by atoms with Crippen molar-refractivity contribution in [2.45, 2.75) is 0 Å². The van der Waals surface area contributed by atoms with Gasteiger partial charge in [0.1, 0.15) is 5.40 Å². The highest BCUT2D eigenvalue weighted by Crippen LogP contribution is 2.56. The largest absolute Gasteiger partial charge is 0.301 e. The van der Waals surface area contributed by atoms with Crippen LogP contribution in [0.2, 0.25) is 0 Å². The van der Waals surface area contributed by atoms with Crippen molar-refractivity contribution in [1.82, 2.24) is 9.62 Å².